The number of aryl methyl sites for hydroxylation is 1. The minimum absolute atomic E-state index is 0.0148. The number of nitrogens with zero attached hydrogens (tertiary/aromatic N) is 2. The molecule has 1 saturated carbocycles. The molecule has 2 aromatic carbocycles. The maximum Gasteiger partial charge on any atom is 0.297 e. The van der Waals surface area contributed by atoms with Crippen molar-refractivity contribution in [3.8, 4) is 5.69 Å². The predicted octanol–water partition coefficient (Wildman–Crippen LogP) is 4.00. The fourth-order valence-corrected chi connectivity index (χ4v) is 3.48. The molecule has 0 saturated heterocycles. The average Bonchev–Trinajstić information content (AvgIpc) is 3.58. The van der Waals surface area contributed by atoms with Crippen molar-refractivity contribution in [2.24, 2.45) is 0 Å². The highest BCUT2D eigenvalue weighted by atomic mass is 16.2. The second kappa shape index (κ2) is 8.53. The molecule has 1 amide bonds. The van der Waals surface area contributed by atoms with E-state index in [1.165, 1.54) is 0 Å². The molecule has 0 spiro atoms. The highest BCUT2D eigenvalue weighted by Gasteiger charge is 2.24. The van der Waals surface area contributed by atoms with Gasteiger partial charge in [-0.2, -0.15) is 0 Å². The Balaban J connectivity index is 1.66. The summed E-state index contributed by atoms with van der Waals surface area (Å²) in [5, 5.41) is 6.29. The van der Waals surface area contributed by atoms with Gasteiger partial charge in [-0.05, 0) is 49.4 Å². The fraction of sp³-hybridized carbons (Fsp3) is 0.292. The van der Waals surface area contributed by atoms with Crippen LogP contribution in [-0.2, 0) is 0 Å². The van der Waals surface area contributed by atoms with Crippen molar-refractivity contribution in [2.75, 3.05) is 5.32 Å². The first-order chi connectivity index (χ1) is 14.6. The SMILES string of the molecule is CC[C@@H](Nc1nccn(-c2cc(C(=O)NC3CC3)ccc2C)c1=O)c1ccccc1. The summed E-state index contributed by atoms with van der Waals surface area (Å²) in [5.41, 5.74) is 3.01. The first-order valence-corrected chi connectivity index (χ1v) is 10.4. The lowest BCUT2D eigenvalue weighted by Crippen LogP contribution is -2.27. The molecular formula is C24H26N4O2. The predicted molar refractivity (Wildman–Crippen MR) is 118 cm³/mol. The number of nitrogens with one attached hydrogen (secondary N) is 2. The Hall–Kier alpha value is -3.41. The van der Waals surface area contributed by atoms with Gasteiger partial charge in [-0.25, -0.2) is 4.98 Å². The molecule has 1 heterocycles. The molecule has 0 aliphatic heterocycles. The van der Waals surface area contributed by atoms with Crippen LogP contribution < -0.4 is 16.2 Å². The van der Waals surface area contributed by atoms with E-state index in [9.17, 15) is 9.59 Å². The van der Waals surface area contributed by atoms with E-state index < -0.39 is 0 Å². The zero-order valence-corrected chi connectivity index (χ0v) is 17.3. The average molecular weight is 402 g/mol. The van der Waals surface area contributed by atoms with Gasteiger partial charge in [0.2, 0.25) is 0 Å². The van der Waals surface area contributed by atoms with Gasteiger partial charge in [0, 0.05) is 24.0 Å². The highest BCUT2D eigenvalue weighted by Crippen LogP contribution is 2.22. The Bertz CT molecular complexity index is 1100. The molecule has 6 nitrogen and oxygen atoms in total. The minimum Gasteiger partial charge on any atom is -0.359 e. The van der Waals surface area contributed by atoms with Crippen molar-refractivity contribution in [3.63, 3.8) is 0 Å². The third-order valence-corrected chi connectivity index (χ3v) is 5.41. The summed E-state index contributed by atoms with van der Waals surface area (Å²) in [7, 11) is 0. The van der Waals surface area contributed by atoms with Gasteiger partial charge < -0.3 is 10.6 Å². The zero-order valence-electron chi connectivity index (χ0n) is 17.3. The summed E-state index contributed by atoms with van der Waals surface area (Å²) in [6.07, 6.45) is 6.13. The molecule has 6 heteroatoms. The molecule has 154 valence electrons. The monoisotopic (exact) mass is 402 g/mol. The molecule has 1 atom stereocenters. The summed E-state index contributed by atoms with van der Waals surface area (Å²) < 4.78 is 1.55. The van der Waals surface area contributed by atoms with Crippen molar-refractivity contribution in [1.82, 2.24) is 14.9 Å². The van der Waals surface area contributed by atoms with Gasteiger partial charge in [0.15, 0.2) is 5.82 Å². The fourth-order valence-electron chi connectivity index (χ4n) is 3.48. The van der Waals surface area contributed by atoms with E-state index >= 15 is 0 Å². The Labute approximate surface area is 176 Å². The number of hydrogen-bond acceptors (Lipinski definition) is 4. The lowest BCUT2D eigenvalue weighted by molar-refractivity contribution is 0.0951. The quantitative estimate of drug-likeness (QED) is 0.626. The number of rotatable bonds is 7. The van der Waals surface area contributed by atoms with Crippen molar-refractivity contribution >= 4 is 11.7 Å². The largest absolute Gasteiger partial charge is 0.359 e. The standard InChI is InChI=1S/C24H26N4O2/c1-3-20(17-7-5-4-6-8-17)27-22-24(30)28(14-13-25-22)21-15-18(10-9-16(21)2)23(29)26-19-11-12-19/h4-10,13-15,19-20H,3,11-12H2,1-2H3,(H,25,27)(H,26,29)/t20-/m1/s1. The van der Waals surface area contributed by atoms with Crippen molar-refractivity contribution in [3.05, 3.63) is 88.0 Å². The van der Waals surface area contributed by atoms with Crippen LogP contribution in [0, 0.1) is 6.92 Å². The Kier molecular flexibility index (Phi) is 5.65. The van der Waals surface area contributed by atoms with Gasteiger partial charge in [-0.1, -0.05) is 43.3 Å². The number of amides is 1. The zero-order chi connectivity index (χ0) is 21.1. The lowest BCUT2D eigenvalue weighted by atomic mass is 10.0. The second-order valence-corrected chi connectivity index (χ2v) is 7.72. The van der Waals surface area contributed by atoms with Crippen molar-refractivity contribution in [1.29, 1.82) is 0 Å². The Morgan fingerprint density at radius 3 is 2.67 bits per heavy atom. The van der Waals surface area contributed by atoms with E-state index in [1.807, 2.05) is 43.3 Å². The smallest absolute Gasteiger partial charge is 0.297 e. The molecule has 1 aliphatic rings. The van der Waals surface area contributed by atoms with E-state index in [-0.39, 0.29) is 23.6 Å². The second-order valence-electron chi connectivity index (χ2n) is 7.72. The number of anilines is 1. The summed E-state index contributed by atoms with van der Waals surface area (Å²) in [5.74, 6) is 0.190. The topological polar surface area (TPSA) is 76.0 Å². The van der Waals surface area contributed by atoms with E-state index in [4.69, 9.17) is 0 Å². The summed E-state index contributed by atoms with van der Waals surface area (Å²) >= 11 is 0. The minimum atomic E-state index is -0.241. The number of hydrogen-bond donors (Lipinski definition) is 2. The number of benzene rings is 2. The summed E-state index contributed by atoms with van der Waals surface area (Å²) in [6, 6.07) is 15.7. The molecule has 0 unspecified atom stereocenters. The molecule has 30 heavy (non-hydrogen) atoms. The third kappa shape index (κ3) is 4.27. The molecule has 1 aliphatic carbocycles. The maximum atomic E-state index is 13.2. The van der Waals surface area contributed by atoms with Gasteiger partial charge >= 0.3 is 0 Å². The molecule has 2 N–H and O–H groups in total. The first-order valence-electron chi connectivity index (χ1n) is 10.4. The van der Waals surface area contributed by atoms with Crippen LogP contribution in [0.5, 0.6) is 0 Å². The van der Waals surface area contributed by atoms with E-state index in [0.29, 0.717) is 17.1 Å². The molecular weight excluding hydrogens is 376 g/mol. The number of aromatic nitrogens is 2. The van der Waals surface area contributed by atoms with Crippen LogP contribution in [-0.4, -0.2) is 21.5 Å². The molecule has 1 aromatic heterocycles. The molecule has 4 rings (SSSR count). The van der Waals surface area contributed by atoms with Gasteiger partial charge in [-0.15, -0.1) is 0 Å². The Morgan fingerprint density at radius 1 is 1.20 bits per heavy atom. The van der Waals surface area contributed by atoms with Crippen LogP contribution in [0.1, 0.15) is 53.7 Å². The van der Waals surface area contributed by atoms with Crippen LogP contribution in [0.3, 0.4) is 0 Å². The van der Waals surface area contributed by atoms with Crippen molar-refractivity contribution < 1.29 is 4.79 Å². The van der Waals surface area contributed by atoms with Gasteiger partial charge in [-0.3, -0.25) is 14.2 Å². The van der Waals surface area contributed by atoms with Crippen LogP contribution in [0.4, 0.5) is 5.82 Å². The number of carbonyl (C=O) groups excluding carboxylic acids is 1. The number of carbonyl (C=O) groups is 1. The summed E-state index contributed by atoms with van der Waals surface area (Å²) in [4.78, 5) is 30.0. The normalized spacial score (nSPS) is 14.2. The van der Waals surface area contributed by atoms with E-state index in [0.717, 1.165) is 30.4 Å². The van der Waals surface area contributed by atoms with E-state index in [2.05, 4.69) is 22.5 Å². The maximum absolute atomic E-state index is 13.2. The van der Waals surface area contributed by atoms with Gasteiger partial charge in [0.1, 0.15) is 0 Å². The van der Waals surface area contributed by atoms with Crippen molar-refractivity contribution in [2.45, 2.75) is 45.2 Å². The molecule has 0 radical (unpaired) electrons. The lowest BCUT2D eigenvalue weighted by Gasteiger charge is -2.18. The molecule has 3 aromatic rings. The Morgan fingerprint density at radius 2 is 1.97 bits per heavy atom. The molecule has 0 bridgehead atoms. The van der Waals surface area contributed by atoms with Gasteiger partial charge in [0.05, 0.1) is 11.7 Å². The van der Waals surface area contributed by atoms with E-state index in [1.54, 1.807) is 29.1 Å². The third-order valence-electron chi connectivity index (χ3n) is 5.41. The highest BCUT2D eigenvalue weighted by molar-refractivity contribution is 5.95. The summed E-state index contributed by atoms with van der Waals surface area (Å²) in [6.45, 7) is 3.99. The van der Waals surface area contributed by atoms with Crippen LogP contribution in [0.25, 0.3) is 5.69 Å². The van der Waals surface area contributed by atoms with Crippen LogP contribution >= 0.6 is 0 Å². The molecule has 1 fully saturated rings. The van der Waals surface area contributed by atoms with Crippen LogP contribution in [0.2, 0.25) is 0 Å². The first kappa shape index (κ1) is 19.9. The van der Waals surface area contributed by atoms with Gasteiger partial charge in [0.25, 0.3) is 11.5 Å². The van der Waals surface area contributed by atoms with Crippen LogP contribution in [0.15, 0.2) is 65.7 Å².